The standard InChI is InChI=1S/C12H16O.C7H12O2/c1-2-3-4-5-6-8-11-9-7-10-12(11)13;1-2-3-4-5-6-7(8)9/h5-8,10H,2-4,9H2,1H3;2-3H,4-6H2,1H3,(H,8,9)/b6-5+,11-8+;3-2-. The molecule has 0 aromatic heterocycles. The average molecular weight is 304 g/mol. The van der Waals surface area contributed by atoms with E-state index in [1.807, 2.05) is 37.3 Å². The molecule has 3 nitrogen and oxygen atoms in total. The number of carbonyl (C=O) groups excluding carboxylic acids is 1. The fourth-order valence-corrected chi connectivity index (χ4v) is 1.79. The van der Waals surface area contributed by atoms with Crippen LogP contribution in [0.3, 0.4) is 0 Å². The van der Waals surface area contributed by atoms with Gasteiger partial charge in [0, 0.05) is 12.0 Å². The Balaban J connectivity index is 0.000000433. The number of rotatable bonds is 8. The summed E-state index contributed by atoms with van der Waals surface area (Å²) in [4.78, 5) is 21.0. The highest BCUT2D eigenvalue weighted by Crippen LogP contribution is 2.12. The van der Waals surface area contributed by atoms with Gasteiger partial charge in [-0.25, -0.2) is 0 Å². The van der Waals surface area contributed by atoms with Crippen molar-refractivity contribution in [1.82, 2.24) is 0 Å². The molecule has 3 heteroatoms. The van der Waals surface area contributed by atoms with E-state index in [1.165, 1.54) is 12.8 Å². The molecular formula is C19H28O3. The molecule has 0 aliphatic heterocycles. The molecule has 1 aliphatic rings. The van der Waals surface area contributed by atoms with Crippen molar-refractivity contribution in [2.75, 3.05) is 0 Å². The number of aliphatic carboxylic acids is 1. The fourth-order valence-electron chi connectivity index (χ4n) is 1.79. The first-order valence-corrected chi connectivity index (χ1v) is 8.01. The third-order valence-electron chi connectivity index (χ3n) is 3.08. The molecule has 0 spiro atoms. The first-order valence-electron chi connectivity index (χ1n) is 8.01. The van der Waals surface area contributed by atoms with E-state index >= 15 is 0 Å². The van der Waals surface area contributed by atoms with Crippen LogP contribution in [0.15, 0.2) is 48.1 Å². The number of allylic oxidation sites excluding steroid dienone is 8. The molecule has 0 saturated heterocycles. The average Bonchev–Trinajstić information content (AvgIpc) is 2.89. The van der Waals surface area contributed by atoms with Gasteiger partial charge in [0.2, 0.25) is 0 Å². The summed E-state index contributed by atoms with van der Waals surface area (Å²) in [6, 6.07) is 0. The van der Waals surface area contributed by atoms with Gasteiger partial charge in [-0.05, 0) is 38.7 Å². The Morgan fingerprint density at radius 2 is 2.00 bits per heavy atom. The third kappa shape index (κ3) is 11.9. The third-order valence-corrected chi connectivity index (χ3v) is 3.08. The van der Waals surface area contributed by atoms with Crippen LogP contribution in [0.5, 0.6) is 0 Å². The molecule has 0 fully saturated rings. The normalized spacial score (nSPS) is 15.7. The summed E-state index contributed by atoms with van der Waals surface area (Å²) < 4.78 is 0. The van der Waals surface area contributed by atoms with E-state index in [0.717, 1.165) is 31.3 Å². The van der Waals surface area contributed by atoms with E-state index < -0.39 is 5.97 Å². The zero-order valence-corrected chi connectivity index (χ0v) is 13.8. The van der Waals surface area contributed by atoms with E-state index in [9.17, 15) is 9.59 Å². The monoisotopic (exact) mass is 304 g/mol. The molecule has 0 radical (unpaired) electrons. The van der Waals surface area contributed by atoms with Gasteiger partial charge in [-0.3, -0.25) is 9.59 Å². The Labute approximate surface area is 134 Å². The van der Waals surface area contributed by atoms with Crippen molar-refractivity contribution < 1.29 is 14.7 Å². The van der Waals surface area contributed by atoms with Gasteiger partial charge < -0.3 is 5.11 Å². The molecule has 0 unspecified atom stereocenters. The maximum atomic E-state index is 11.1. The Morgan fingerprint density at radius 3 is 2.55 bits per heavy atom. The van der Waals surface area contributed by atoms with Crippen molar-refractivity contribution in [3.8, 4) is 0 Å². The quantitative estimate of drug-likeness (QED) is 0.390. The van der Waals surface area contributed by atoms with Crippen LogP contribution in [0.1, 0.15) is 58.8 Å². The van der Waals surface area contributed by atoms with Crippen molar-refractivity contribution in [2.24, 2.45) is 0 Å². The Bertz CT molecular complexity index is 440. The second-order valence-electron chi connectivity index (χ2n) is 5.09. The van der Waals surface area contributed by atoms with Gasteiger partial charge in [0.1, 0.15) is 0 Å². The minimum atomic E-state index is -0.709. The van der Waals surface area contributed by atoms with Gasteiger partial charge in [0.05, 0.1) is 0 Å². The van der Waals surface area contributed by atoms with Gasteiger partial charge in [-0.1, -0.05) is 56.2 Å². The minimum absolute atomic E-state index is 0.167. The van der Waals surface area contributed by atoms with Crippen LogP contribution < -0.4 is 0 Å². The predicted octanol–water partition coefficient (Wildman–Crippen LogP) is 5.01. The summed E-state index contributed by atoms with van der Waals surface area (Å²) in [5.74, 6) is -0.542. The summed E-state index contributed by atoms with van der Waals surface area (Å²) in [6.07, 6.45) is 19.8. The summed E-state index contributed by atoms with van der Waals surface area (Å²) >= 11 is 0. The van der Waals surface area contributed by atoms with E-state index in [-0.39, 0.29) is 12.2 Å². The summed E-state index contributed by atoms with van der Waals surface area (Å²) in [5.41, 5.74) is 0.910. The van der Waals surface area contributed by atoms with Gasteiger partial charge in [-0.2, -0.15) is 0 Å². The summed E-state index contributed by atoms with van der Waals surface area (Å²) in [6.45, 7) is 4.11. The maximum Gasteiger partial charge on any atom is 0.303 e. The number of hydrogen-bond donors (Lipinski definition) is 1. The topological polar surface area (TPSA) is 54.4 Å². The number of carbonyl (C=O) groups is 2. The van der Waals surface area contributed by atoms with Gasteiger partial charge >= 0.3 is 5.97 Å². The Morgan fingerprint density at radius 1 is 1.27 bits per heavy atom. The van der Waals surface area contributed by atoms with Crippen molar-refractivity contribution in [3.63, 3.8) is 0 Å². The first kappa shape index (κ1) is 20.1. The molecule has 1 N–H and O–H groups in total. The Hall–Kier alpha value is -1.90. The Kier molecular flexibility index (Phi) is 12.8. The van der Waals surface area contributed by atoms with Crippen molar-refractivity contribution in [3.05, 3.63) is 48.1 Å². The summed E-state index contributed by atoms with van der Waals surface area (Å²) in [7, 11) is 0. The maximum absolute atomic E-state index is 11.1. The van der Waals surface area contributed by atoms with Crippen LogP contribution in [0.4, 0.5) is 0 Å². The molecule has 0 bridgehead atoms. The summed E-state index contributed by atoms with van der Waals surface area (Å²) in [5, 5.41) is 8.19. The lowest BCUT2D eigenvalue weighted by Gasteiger charge is -1.90. The number of ketones is 1. The van der Waals surface area contributed by atoms with Crippen molar-refractivity contribution in [2.45, 2.75) is 58.8 Å². The predicted molar refractivity (Wildman–Crippen MR) is 91.8 cm³/mol. The fraction of sp³-hybridized carbons (Fsp3) is 0.474. The van der Waals surface area contributed by atoms with E-state index in [2.05, 4.69) is 13.0 Å². The molecular weight excluding hydrogens is 276 g/mol. The molecule has 0 atom stereocenters. The first-order chi connectivity index (χ1) is 10.6. The van der Waals surface area contributed by atoms with Crippen LogP contribution >= 0.6 is 0 Å². The van der Waals surface area contributed by atoms with Gasteiger partial charge in [0.25, 0.3) is 0 Å². The number of carboxylic acids is 1. The second-order valence-corrected chi connectivity index (χ2v) is 5.09. The second kappa shape index (κ2) is 14.1. The van der Waals surface area contributed by atoms with Crippen LogP contribution in [-0.4, -0.2) is 16.9 Å². The highest BCUT2D eigenvalue weighted by atomic mass is 16.4. The van der Waals surface area contributed by atoms with Crippen LogP contribution in [0.2, 0.25) is 0 Å². The SMILES string of the molecule is C/C=C\CCCC(=O)O.CCCC/C=C/C=C1\CC=CC1=O. The molecule has 1 rings (SSSR count). The molecule has 0 heterocycles. The van der Waals surface area contributed by atoms with E-state index in [0.29, 0.717) is 0 Å². The van der Waals surface area contributed by atoms with Crippen molar-refractivity contribution >= 4 is 11.8 Å². The largest absolute Gasteiger partial charge is 0.481 e. The molecule has 1 aliphatic carbocycles. The van der Waals surface area contributed by atoms with Gasteiger partial charge in [-0.15, -0.1) is 0 Å². The molecule has 122 valence electrons. The lowest BCUT2D eigenvalue weighted by Crippen LogP contribution is -1.92. The minimum Gasteiger partial charge on any atom is -0.481 e. The molecule has 0 saturated carbocycles. The molecule has 22 heavy (non-hydrogen) atoms. The number of unbranched alkanes of at least 4 members (excludes halogenated alkanes) is 3. The van der Waals surface area contributed by atoms with Crippen LogP contribution in [-0.2, 0) is 9.59 Å². The number of carboxylic acid groups (broad SMARTS) is 1. The lowest BCUT2D eigenvalue weighted by atomic mass is 10.1. The molecule has 0 aromatic carbocycles. The van der Waals surface area contributed by atoms with Crippen LogP contribution in [0.25, 0.3) is 0 Å². The molecule has 0 aromatic rings. The smallest absolute Gasteiger partial charge is 0.303 e. The molecule has 0 amide bonds. The van der Waals surface area contributed by atoms with E-state index in [4.69, 9.17) is 5.11 Å². The van der Waals surface area contributed by atoms with E-state index in [1.54, 1.807) is 6.08 Å². The highest BCUT2D eigenvalue weighted by Gasteiger charge is 2.08. The zero-order chi connectivity index (χ0) is 16.6. The number of hydrogen-bond acceptors (Lipinski definition) is 2. The van der Waals surface area contributed by atoms with Crippen molar-refractivity contribution in [1.29, 1.82) is 0 Å². The zero-order valence-electron chi connectivity index (χ0n) is 13.8. The van der Waals surface area contributed by atoms with Crippen LogP contribution in [0, 0.1) is 0 Å². The van der Waals surface area contributed by atoms with Gasteiger partial charge in [0.15, 0.2) is 5.78 Å². The highest BCUT2D eigenvalue weighted by molar-refractivity contribution is 6.06. The lowest BCUT2D eigenvalue weighted by molar-refractivity contribution is -0.137.